The number of hydrogen-bond donors (Lipinski definition) is 1. The Labute approximate surface area is 211 Å². The van der Waals surface area contributed by atoms with Gasteiger partial charge in [-0.05, 0) is 25.1 Å². The quantitative estimate of drug-likeness (QED) is 0.228. The monoisotopic (exact) mass is 495 g/mol. The molecule has 3 aromatic carbocycles. The predicted molar refractivity (Wildman–Crippen MR) is 137 cm³/mol. The van der Waals surface area contributed by atoms with Crippen LogP contribution in [-0.2, 0) is 0 Å². The maximum Gasteiger partial charge on any atom is 0.275 e. The third kappa shape index (κ3) is 4.80. The molecule has 5 aromatic rings. The second-order valence-electron chi connectivity index (χ2n) is 8.17. The molecule has 0 unspecified atom stereocenters. The van der Waals surface area contributed by atoms with Gasteiger partial charge in [-0.2, -0.15) is 5.10 Å². The summed E-state index contributed by atoms with van der Waals surface area (Å²) in [5.74, 6) is 0.473. The third-order valence-corrected chi connectivity index (χ3v) is 5.65. The van der Waals surface area contributed by atoms with Gasteiger partial charge in [0.1, 0.15) is 11.3 Å². The van der Waals surface area contributed by atoms with E-state index in [9.17, 15) is 14.9 Å². The highest BCUT2D eigenvalue weighted by atomic mass is 16.6. The number of aromatic nitrogens is 3. The smallest absolute Gasteiger partial charge is 0.275 e. The molecule has 0 bridgehead atoms. The number of carbonyl (C=O) groups excluding carboxylic acids is 1. The zero-order valence-electron chi connectivity index (χ0n) is 19.9. The maximum atomic E-state index is 13.2. The minimum Gasteiger partial charge on any atom is -0.493 e. The van der Waals surface area contributed by atoms with E-state index in [0.29, 0.717) is 17.1 Å². The molecule has 1 amide bonds. The first-order valence-electron chi connectivity index (χ1n) is 11.2. The van der Waals surface area contributed by atoms with Crippen LogP contribution in [0.3, 0.4) is 0 Å². The van der Waals surface area contributed by atoms with Gasteiger partial charge in [-0.25, -0.2) is 9.50 Å². The van der Waals surface area contributed by atoms with Crippen molar-refractivity contribution in [1.29, 1.82) is 0 Å². The number of nitrogens with one attached hydrogen (secondary N) is 1. The van der Waals surface area contributed by atoms with Crippen molar-refractivity contribution in [2.24, 2.45) is 0 Å². The van der Waals surface area contributed by atoms with Gasteiger partial charge in [-0.15, -0.1) is 0 Å². The van der Waals surface area contributed by atoms with Crippen LogP contribution in [0.2, 0.25) is 0 Å². The van der Waals surface area contributed by atoms with Crippen molar-refractivity contribution in [3.05, 3.63) is 106 Å². The Hall–Kier alpha value is -5.25. The number of non-ortho nitro benzene ring substituents is 1. The number of aryl methyl sites for hydroxylation is 1. The van der Waals surface area contributed by atoms with Crippen molar-refractivity contribution in [3.8, 4) is 28.5 Å². The number of rotatable bonds is 7. The first kappa shape index (κ1) is 23.5. The average Bonchev–Trinajstić information content (AvgIpc) is 3.34. The van der Waals surface area contributed by atoms with Crippen LogP contribution in [0.1, 0.15) is 15.9 Å². The summed E-state index contributed by atoms with van der Waals surface area (Å²) in [5, 5.41) is 18.6. The molecule has 0 saturated heterocycles. The molecule has 0 fully saturated rings. The SMILES string of the molecule is COc1ccccc1Oc1cc(NC(=O)c2cnn3c(-c4ccc(C)cc4)ccnc23)cc([N+](=O)[O-])c1. The molecular weight excluding hydrogens is 474 g/mol. The summed E-state index contributed by atoms with van der Waals surface area (Å²) in [4.78, 5) is 28.5. The lowest BCUT2D eigenvalue weighted by molar-refractivity contribution is -0.384. The molecule has 37 heavy (non-hydrogen) atoms. The third-order valence-electron chi connectivity index (χ3n) is 5.65. The zero-order chi connectivity index (χ0) is 25.9. The zero-order valence-corrected chi connectivity index (χ0v) is 19.9. The molecular formula is C27H21N5O5. The van der Waals surface area contributed by atoms with Crippen LogP contribution in [0.4, 0.5) is 11.4 Å². The first-order valence-corrected chi connectivity index (χ1v) is 11.2. The topological polar surface area (TPSA) is 121 Å². The van der Waals surface area contributed by atoms with Crippen LogP contribution >= 0.6 is 0 Å². The number of methoxy groups -OCH3 is 1. The lowest BCUT2D eigenvalue weighted by atomic mass is 10.1. The van der Waals surface area contributed by atoms with Crippen LogP contribution in [0.25, 0.3) is 16.9 Å². The van der Waals surface area contributed by atoms with E-state index in [1.165, 1.54) is 31.5 Å². The number of benzene rings is 3. The molecule has 0 aliphatic rings. The first-order chi connectivity index (χ1) is 17.9. The molecule has 0 radical (unpaired) electrons. The Bertz CT molecular complexity index is 1630. The highest BCUT2D eigenvalue weighted by molar-refractivity contribution is 6.08. The number of anilines is 1. The summed E-state index contributed by atoms with van der Waals surface area (Å²) < 4.78 is 12.7. The summed E-state index contributed by atoms with van der Waals surface area (Å²) in [6.07, 6.45) is 3.02. The van der Waals surface area contributed by atoms with Gasteiger partial charge in [-0.1, -0.05) is 42.0 Å². The molecule has 10 nitrogen and oxygen atoms in total. The van der Waals surface area contributed by atoms with Crippen LogP contribution in [-0.4, -0.2) is 32.5 Å². The predicted octanol–water partition coefficient (Wildman–Crippen LogP) is 5.67. The fourth-order valence-electron chi connectivity index (χ4n) is 3.84. The normalized spacial score (nSPS) is 10.8. The molecule has 0 aliphatic carbocycles. The van der Waals surface area contributed by atoms with Crippen LogP contribution in [0.5, 0.6) is 17.2 Å². The number of nitro groups is 1. The largest absolute Gasteiger partial charge is 0.493 e. The second kappa shape index (κ2) is 9.78. The van der Waals surface area contributed by atoms with E-state index in [4.69, 9.17) is 9.47 Å². The van der Waals surface area contributed by atoms with E-state index in [-0.39, 0.29) is 22.7 Å². The second-order valence-corrected chi connectivity index (χ2v) is 8.17. The van der Waals surface area contributed by atoms with E-state index in [1.807, 2.05) is 37.3 Å². The van der Waals surface area contributed by atoms with Gasteiger partial charge >= 0.3 is 0 Å². The van der Waals surface area contributed by atoms with E-state index < -0.39 is 10.8 Å². The minimum absolute atomic E-state index is 0.161. The van der Waals surface area contributed by atoms with E-state index in [2.05, 4.69) is 15.4 Å². The molecule has 0 atom stereocenters. The number of para-hydroxylation sites is 2. The van der Waals surface area contributed by atoms with Crippen molar-refractivity contribution in [3.63, 3.8) is 0 Å². The molecule has 2 aromatic heterocycles. The Balaban J connectivity index is 1.47. The molecule has 0 spiro atoms. The van der Waals surface area contributed by atoms with Crippen molar-refractivity contribution in [2.45, 2.75) is 6.92 Å². The number of nitro benzene ring substituents is 1. The van der Waals surface area contributed by atoms with E-state index >= 15 is 0 Å². The summed E-state index contributed by atoms with van der Waals surface area (Å²) >= 11 is 0. The van der Waals surface area contributed by atoms with Crippen molar-refractivity contribution >= 4 is 22.9 Å². The van der Waals surface area contributed by atoms with Gasteiger partial charge < -0.3 is 14.8 Å². The fourth-order valence-corrected chi connectivity index (χ4v) is 3.84. The number of hydrogen-bond acceptors (Lipinski definition) is 7. The Morgan fingerprint density at radius 3 is 2.51 bits per heavy atom. The van der Waals surface area contributed by atoms with Gasteiger partial charge in [0.15, 0.2) is 17.1 Å². The van der Waals surface area contributed by atoms with Crippen molar-refractivity contribution < 1.29 is 19.2 Å². The number of fused-ring (bicyclic) bond motifs is 1. The van der Waals surface area contributed by atoms with Gasteiger partial charge in [0, 0.05) is 23.9 Å². The van der Waals surface area contributed by atoms with E-state index in [0.717, 1.165) is 16.8 Å². The molecule has 0 saturated carbocycles. The molecule has 1 N–H and O–H groups in total. The molecule has 10 heteroatoms. The van der Waals surface area contributed by atoms with Crippen molar-refractivity contribution in [2.75, 3.05) is 12.4 Å². The molecule has 184 valence electrons. The molecule has 0 aliphatic heterocycles. The van der Waals surface area contributed by atoms with Gasteiger partial charge in [0.25, 0.3) is 11.6 Å². The molecule has 2 heterocycles. The number of nitrogens with zero attached hydrogens (tertiary/aromatic N) is 4. The summed E-state index contributed by atoms with van der Waals surface area (Å²) in [6, 6.07) is 20.7. The number of ether oxygens (including phenoxy) is 2. The average molecular weight is 495 g/mol. The van der Waals surface area contributed by atoms with Crippen LogP contribution in [0.15, 0.2) is 85.2 Å². The maximum absolute atomic E-state index is 13.2. The lowest BCUT2D eigenvalue weighted by Gasteiger charge is -2.11. The number of carbonyl (C=O) groups is 1. The summed E-state index contributed by atoms with van der Waals surface area (Å²) in [5.41, 5.74) is 3.32. The van der Waals surface area contributed by atoms with Crippen LogP contribution in [0, 0.1) is 17.0 Å². The number of amides is 1. The van der Waals surface area contributed by atoms with E-state index in [1.54, 1.807) is 35.0 Å². The highest BCUT2D eigenvalue weighted by Gasteiger charge is 2.19. The van der Waals surface area contributed by atoms with Gasteiger partial charge in [0.2, 0.25) is 0 Å². The highest BCUT2D eigenvalue weighted by Crippen LogP contribution is 2.34. The molecule has 5 rings (SSSR count). The lowest BCUT2D eigenvalue weighted by Crippen LogP contribution is -2.12. The van der Waals surface area contributed by atoms with Crippen LogP contribution < -0.4 is 14.8 Å². The Morgan fingerprint density at radius 2 is 1.78 bits per heavy atom. The summed E-state index contributed by atoms with van der Waals surface area (Å²) in [7, 11) is 1.50. The fraction of sp³-hybridized carbons (Fsp3) is 0.0741. The standard InChI is InChI=1S/C27H21N5O5/c1-17-7-9-18(10-8-17)23-11-12-28-26-22(16-29-31(23)26)27(33)30-19-13-20(32(34)35)15-21(14-19)37-25-6-4-3-5-24(25)36-2/h3-16H,1-2H3,(H,30,33). The van der Waals surface area contributed by atoms with Gasteiger partial charge in [0.05, 0.1) is 35.7 Å². The summed E-state index contributed by atoms with van der Waals surface area (Å²) in [6.45, 7) is 2.00. The van der Waals surface area contributed by atoms with Crippen molar-refractivity contribution in [1.82, 2.24) is 14.6 Å². The Morgan fingerprint density at radius 1 is 1.03 bits per heavy atom. The minimum atomic E-state index is -0.560. The Kier molecular flexibility index (Phi) is 6.21. The van der Waals surface area contributed by atoms with Gasteiger partial charge in [-0.3, -0.25) is 14.9 Å².